The summed E-state index contributed by atoms with van der Waals surface area (Å²) in [6.07, 6.45) is 1.72. The van der Waals surface area contributed by atoms with E-state index in [0.29, 0.717) is 11.3 Å². The van der Waals surface area contributed by atoms with Gasteiger partial charge in [-0.3, -0.25) is 4.79 Å². The van der Waals surface area contributed by atoms with Gasteiger partial charge in [-0.15, -0.1) is 0 Å². The summed E-state index contributed by atoms with van der Waals surface area (Å²) in [5.74, 6) is -0.374. The zero-order valence-electron chi connectivity index (χ0n) is 21.0. The standard InChI is InChI=1S/C31H29N3O4/c1-20-7-2-4-11-28(20)34-29-15-24(21-9-6-10-22(13-21)27(32)18-35)14-25(26(29)17-33-34)19-38-30-12-5-3-8-23(30)16-31(36)37/h2-15,17,27,35H,16,18-19,32H2,1H3,(H,36,37)/t27-/m1/s1. The number of rotatable bonds is 9. The van der Waals surface area contributed by atoms with Gasteiger partial charge >= 0.3 is 5.97 Å². The van der Waals surface area contributed by atoms with Crippen LogP contribution < -0.4 is 10.5 Å². The average Bonchev–Trinajstić information content (AvgIpc) is 3.36. The maximum atomic E-state index is 11.3. The van der Waals surface area contributed by atoms with Gasteiger partial charge in [-0.2, -0.15) is 5.10 Å². The van der Waals surface area contributed by atoms with Crippen molar-refractivity contribution in [1.82, 2.24) is 9.78 Å². The van der Waals surface area contributed by atoms with Crippen LogP contribution in [-0.4, -0.2) is 32.6 Å². The Morgan fingerprint density at radius 2 is 1.76 bits per heavy atom. The number of benzene rings is 4. The molecule has 7 nitrogen and oxygen atoms in total. The highest BCUT2D eigenvalue weighted by Gasteiger charge is 2.16. The Hall–Kier alpha value is -4.46. The van der Waals surface area contributed by atoms with Crippen molar-refractivity contribution in [2.45, 2.75) is 26.0 Å². The van der Waals surface area contributed by atoms with Crippen LogP contribution in [0.5, 0.6) is 5.75 Å². The molecule has 0 aliphatic carbocycles. The van der Waals surface area contributed by atoms with Crippen molar-refractivity contribution in [1.29, 1.82) is 0 Å². The number of carboxylic acids is 1. The molecule has 0 saturated carbocycles. The Balaban J connectivity index is 1.62. The van der Waals surface area contributed by atoms with E-state index in [4.69, 9.17) is 15.6 Å². The summed E-state index contributed by atoms with van der Waals surface area (Å²) in [6.45, 7) is 2.14. The number of nitrogens with two attached hydrogens (primary N) is 1. The Bertz CT molecular complexity index is 1610. The molecular weight excluding hydrogens is 478 g/mol. The summed E-state index contributed by atoms with van der Waals surface area (Å²) < 4.78 is 8.12. The van der Waals surface area contributed by atoms with E-state index in [1.165, 1.54) is 0 Å². The molecule has 4 aromatic carbocycles. The lowest BCUT2D eigenvalue weighted by Crippen LogP contribution is -2.14. The fourth-order valence-electron chi connectivity index (χ4n) is 4.64. The lowest BCUT2D eigenvalue weighted by atomic mass is 9.97. The molecule has 0 aliphatic heterocycles. The number of hydrogen-bond acceptors (Lipinski definition) is 5. The fraction of sp³-hybridized carbons (Fsp3) is 0.161. The van der Waals surface area contributed by atoms with E-state index in [1.807, 2.05) is 59.4 Å². The van der Waals surface area contributed by atoms with E-state index in [1.54, 1.807) is 18.2 Å². The number of aliphatic hydroxyl groups is 1. The number of aliphatic hydroxyl groups excluding tert-OH is 1. The molecule has 0 bridgehead atoms. The van der Waals surface area contributed by atoms with Crippen molar-refractivity contribution in [3.8, 4) is 22.6 Å². The molecule has 192 valence electrons. The third kappa shape index (κ3) is 5.16. The van der Waals surface area contributed by atoms with Crippen molar-refractivity contribution in [2.24, 2.45) is 5.73 Å². The van der Waals surface area contributed by atoms with E-state index in [9.17, 15) is 15.0 Å². The molecule has 1 aromatic heterocycles. The minimum Gasteiger partial charge on any atom is -0.489 e. The van der Waals surface area contributed by atoms with Crippen LogP contribution in [0.4, 0.5) is 0 Å². The van der Waals surface area contributed by atoms with Crippen molar-refractivity contribution >= 4 is 16.9 Å². The van der Waals surface area contributed by atoms with Crippen molar-refractivity contribution in [3.63, 3.8) is 0 Å². The predicted octanol–water partition coefficient (Wildman–Crippen LogP) is 5.20. The number of fused-ring (bicyclic) bond motifs is 1. The molecule has 0 spiro atoms. The molecule has 0 amide bonds. The van der Waals surface area contributed by atoms with Gasteiger partial charge in [-0.1, -0.05) is 54.6 Å². The van der Waals surface area contributed by atoms with Crippen LogP contribution in [0, 0.1) is 6.92 Å². The van der Waals surface area contributed by atoms with Crippen LogP contribution in [-0.2, 0) is 17.8 Å². The fourth-order valence-corrected chi connectivity index (χ4v) is 4.64. The first-order chi connectivity index (χ1) is 18.4. The number of carboxylic acid groups (broad SMARTS) is 1. The third-order valence-corrected chi connectivity index (χ3v) is 6.66. The molecule has 0 fully saturated rings. The Morgan fingerprint density at radius 3 is 2.55 bits per heavy atom. The third-order valence-electron chi connectivity index (χ3n) is 6.66. The topological polar surface area (TPSA) is 111 Å². The van der Waals surface area contributed by atoms with E-state index < -0.39 is 12.0 Å². The molecule has 4 N–H and O–H groups in total. The SMILES string of the molecule is Cc1ccccc1-n1ncc2c(COc3ccccc3CC(=O)O)cc(-c3cccc([C@H](N)CO)c3)cc21. The quantitative estimate of drug-likeness (QED) is 0.253. The summed E-state index contributed by atoms with van der Waals surface area (Å²) in [5, 5.41) is 24.5. The summed E-state index contributed by atoms with van der Waals surface area (Å²) in [4.78, 5) is 11.3. The monoisotopic (exact) mass is 507 g/mol. The Labute approximate surface area is 220 Å². The Morgan fingerprint density at radius 1 is 0.974 bits per heavy atom. The zero-order chi connectivity index (χ0) is 26.6. The molecule has 1 heterocycles. The van der Waals surface area contributed by atoms with Crippen molar-refractivity contribution in [2.75, 3.05) is 6.61 Å². The summed E-state index contributed by atoms with van der Waals surface area (Å²) in [7, 11) is 0. The van der Waals surface area contributed by atoms with E-state index in [-0.39, 0.29) is 19.6 Å². The highest BCUT2D eigenvalue weighted by molar-refractivity contribution is 5.89. The molecule has 0 aliphatic rings. The van der Waals surface area contributed by atoms with E-state index >= 15 is 0 Å². The molecule has 0 radical (unpaired) electrons. The van der Waals surface area contributed by atoms with Crippen LogP contribution in [0.3, 0.4) is 0 Å². The van der Waals surface area contributed by atoms with Crippen LogP contribution in [0.25, 0.3) is 27.7 Å². The number of hydrogen-bond donors (Lipinski definition) is 3. The first-order valence-electron chi connectivity index (χ1n) is 12.4. The number of aryl methyl sites for hydroxylation is 1. The van der Waals surface area contributed by atoms with Crippen molar-refractivity contribution in [3.05, 3.63) is 113 Å². The average molecular weight is 508 g/mol. The number of aromatic nitrogens is 2. The molecule has 7 heteroatoms. The predicted molar refractivity (Wildman–Crippen MR) is 147 cm³/mol. The molecule has 0 unspecified atom stereocenters. The zero-order valence-corrected chi connectivity index (χ0v) is 21.0. The second-order valence-electron chi connectivity index (χ2n) is 9.29. The second-order valence-corrected chi connectivity index (χ2v) is 9.29. The first-order valence-corrected chi connectivity index (χ1v) is 12.4. The number of aliphatic carboxylic acids is 1. The van der Waals surface area contributed by atoms with E-state index in [2.05, 4.69) is 25.1 Å². The van der Waals surface area contributed by atoms with Gasteiger partial charge in [0.15, 0.2) is 0 Å². The lowest BCUT2D eigenvalue weighted by Gasteiger charge is -2.15. The highest BCUT2D eigenvalue weighted by atomic mass is 16.5. The largest absolute Gasteiger partial charge is 0.489 e. The lowest BCUT2D eigenvalue weighted by molar-refractivity contribution is -0.136. The molecule has 0 saturated heterocycles. The molecular formula is C31H29N3O4. The maximum absolute atomic E-state index is 11.3. The van der Waals surface area contributed by atoms with Gasteiger partial charge in [-0.05, 0) is 59.5 Å². The highest BCUT2D eigenvalue weighted by Crippen LogP contribution is 2.32. The Kier molecular flexibility index (Phi) is 7.22. The summed E-state index contributed by atoms with van der Waals surface area (Å²) >= 11 is 0. The first kappa shape index (κ1) is 25.2. The van der Waals surface area contributed by atoms with Gasteiger partial charge in [0, 0.05) is 16.5 Å². The molecule has 38 heavy (non-hydrogen) atoms. The number of carbonyl (C=O) groups is 1. The van der Waals surface area contributed by atoms with Crippen LogP contribution in [0.1, 0.15) is 28.3 Å². The van der Waals surface area contributed by atoms with Crippen LogP contribution in [0.15, 0.2) is 91.1 Å². The number of ether oxygens (including phenoxy) is 1. The summed E-state index contributed by atoms with van der Waals surface area (Å²) in [5.41, 5.74) is 13.4. The van der Waals surface area contributed by atoms with Crippen molar-refractivity contribution < 1.29 is 19.7 Å². The normalized spacial score (nSPS) is 12.0. The van der Waals surface area contributed by atoms with Gasteiger partial charge in [0.05, 0.1) is 36.5 Å². The minimum absolute atomic E-state index is 0.116. The van der Waals surface area contributed by atoms with Gasteiger partial charge in [0.2, 0.25) is 0 Å². The maximum Gasteiger partial charge on any atom is 0.307 e. The van der Waals surface area contributed by atoms with Gasteiger partial charge in [0.1, 0.15) is 12.4 Å². The van der Waals surface area contributed by atoms with Gasteiger partial charge < -0.3 is 20.7 Å². The molecule has 5 rings (SSSR count). The smallest absolute Gasteiger partial charge is 0.307 e. The minimum atomic E-state index is -0.911. The number of nitrogens with zero attached hydrogens (tertiary/aromatic N) is 2. The van der Waals surface area contributed by atoms with Gasteiger partial charge in [-0.25, -0.2) is 4.68 Å². The number of para-hydroxylation sites is 2. The van der Waals surface area contributed by atoms with Crippen LogP contribution in [0.2, 0.25) is 0 Å². The summed E-state index contributed by atoms with van der Waals surface area (Å²) in [6, 6.07) is 26.8. The second kappa shape index (κ2) is 10.9. The van der Waals surface area contributed by atoms with E-state index in [0.717, 1.165) is 44.4 Å². The van der Waals surface area contributed by atoms with Crippen LogP contribution >= 0.6 is 0 Å². The van der Waals surface area contributed by atoms with Gasteiger partial charge in [0.25, 0.3) is 0 Å². The molecule has 5 aromatic rings. The molecule has 1 atom stereocenters.